The first-order valence-corrected chi connectivity index (χ1v) is 6.09. The van der Waals surface area contributed by atoms with Gasteiger partial charge in [0.2, 0.25) is 0 Å². The van der Waals surface area contributed by atoms with Gasteiger partial charge in [-0.3, -0.25) is 9.48 Å². The Bertz CT molecular complexity index is 415. The van der Waals surface area contributed by atoms with Crippen molar-refractivity contribution in [1.82, 2.24) is 25.2 Å². The van der Waals surface area contributed by atoms with Crippen molar-refractivity contribution in [2.45, 2.75) is 19.1 Å². The molecule has 0 spiro atoms. The van der Waals surface area contributed by atoms with E-state index in [-0.39, 0.29) is 18.1 Å². The highest BCUT2D eigenvalue weighted by Crippen LogP contribution is 2.03. The number of amides is 1. The van der Waals surface area contributed by atoms with E-state index in [9.17, 15) is 9.90 Å². The lowest BCUT2D eigenvalue weighted by molar-refractivity contribution is 0.0325. The zero-order valence-corrected chi connectivity index (χ0v) is 11.6. The summed E-state index contributed by atoms with van der Waals surface area (Å²) in [4.78, 5) is 13.7. The smallest absolute Gasteiger partial charge is 0.273 e. The van der Waals surface area contributed by atoms with Crippen LogP contribution in [0.25, 0.3) is 0 Å². The lowest BCUT2D eigenvalue weighted by Gasteiger charge is -2.26. The summed E-state index contributed by atoms with van der Waals surface area (Å²) in [6, 6.07) is 0. The van der Waals surface area contributed by atoms with E-state index >= 15 is 0 Å². The Hall–Kier alpha value is -1.51. The van der Waals surface area contributed by atoms with E-state index in [0.29, 0.717) is 19.6 Å². The van der Waals surface area contributed by atoms with E-state index in [1.165, 1.54) is 10.9 Å². The molecule has 0 aliphatic rings. The molecule has 0 aromatic carbocycles. The molecule has 0 bridgehead atoms. The van der Waals surface area contributed by atoms with Crippen molar-refractivity contribution in [3.63, 3.8) is 0 Å². The summed E-state index contributed by atoms with van der Waals surface area (Å²) >= 11 is 0. The van der Waals surface area contributed by atoms with Crippen LogP contribution in [-0.4, -0.2) is 70.2 Å². The second-order valence-corrected chi connectivity index (χ2v) is 5.07. The number of hydrogen-bond donors (Lipinski definition) is 3. The largest absolute Gasteiger partial charge is 0.387 e. The van der Waals surface area contributed by atoms with Crippen molar-refractivity contribution in [3.8, 4) is 0 Å². The maximum Gasteiger partial charge on any atom is 0.273 e. The van der Waals surface area contributed by atoms with Gasteiger partial charge in [0.05, 0.1) is 18.3 Å². The zero-order chi connectivity index (χ0) is 14.5. The highest BCUT2D eigenvalue weighted by molar-refractivity contribution is 5.91. The first kappa shape index (κ1) is 15.5. The number of nitrogens with zero attached hydrogens (tertiary/aromatic N) is 4. The van der Waals surface area contributed by atoms with Gasteiger partial charge >= 0.3 is 0 Å². The molecule has 108 valence electrons. The van der Waals surface area contributed by atoms with Gasteiger partial charge in [0.15, 0.2) is 5.69 Å². The number of nitrogens with one attached hydrogen (secondary N) is 1. The molecule has 19 heavy (non-hydrogen) atoms. The summed E-state index contributed by atoms with van der Waals surface area (Å²) in [5.74, 6) is -0.359. The fourth-order valence-electron chi connectivity index (χ4n) is 1.74. The van der Waals surface area contributed by atoms with E-state index < -0.39 is 5.60 Å². The molecule has 1 rings (SSSR count). The molecule has 0 saturated heterocycles. The second kappa shape index (κ2) is 6.60. The van der Waals surface area contributed by atoms with Gasteiger partial charge in [-0.15, -0.1) is 5.10 Å². The van der Waals surface area contributed by atoms with Crippen molar-refractivity contribution in [2.24, 2.45) is 5.73 Å². The quantitative estimate of drug-likeness (QED) is 0.544. The van der Waals surface area contributed by atoms with Gasteiger partial charge in [0, 0.05) is 19.6 Å². The molecular weight excluding hydrogens is 248 g/mol. The Morgan fingerprint density at radius 1 is 1.63 bits per heavy atom. The van der Waals surface area contributed by atoms with Crippen LogP contribution in [0, 0.1) is 0 Å². The van der Waals surface area contributed by atoms with Crippen LogP contribution < -0.4 is 11.1 Å². The van der Waals surface area contributed by atoms with Crippen molar-refractivity contribution >= 4 is 5.91 Å². The fraction of sp³-hybridized carbons (Fsp3) is 0.727. The number of carbonyl (C=O) groups is 1. The molecule has 1 aromatic rings. The predicted octanol–water partition coefficient (Wildman–Crippen LogP) is -1.72. The molecule has 1 unspecified atom stereocenters. The Kier molecular flexibility index (Phi) is 5.40. The van der Waals surface area contributed by atoms with Crippen molar-refractivity contribution in [3.05, 3.63) is 11.9 Å². The number of aromatic nitrogens is 3. The molecule has 0 aliphatic carbocycles. The van der Waals surface area contributed by atoms with Gasteiger partial charge in [-0.2, -0.15) is 0 Å². The molecule has 1 atom stereocenters. The molecule has 1 amide bonds. The average molecular weight is 270 g/mol. The topological polar surface area (TPSA) is 109 Å². The Morgan fingerprint density at radius 2 is 2.32 bits per heavy atom. The summed E-state index contributed by atoms with van der Waals surface area (Å²) in [7, 11) is 3.71. The molecule has 0 aliphatic heterocycles. The number of nitrogens with two attached hydrogens (primary N) is 1. The molecule has 0 saturated carbocycles. The molecule has 1 aromatic heterocycles. The number of rotatable bonds is 7. The highest BCUT2D eigenvalue weighted by atomic mass is 16.3. The van der Waals surface area contributed by atoms with Gasteiger partial charge < -0.3 is 21.1 Å². The number of likely N-dealkylation sites (N-methyl/N-ethyl adjacent to an activating group) is 1. The zero-order valence-electron chi connectivity index (χ0n) is 11.6. The third kappa shape index (κ3) is 5.33. The van der Waals surface area contributed by atoms with E-state index in [2.05, 4.69) is 15.6 Å². The summed E-state index contributed by atoms with van der Waals surface area (Å²) in [5, 5.41) is 20.2. The maximum atomic E-state index is 11.8. The van der Waals surface area contributed by atoms with E-state index in [0.717, 1.165) is 0 Å². The normalized spacial score (nSPS) is 14.4. The number of carbonyl (C=O) groups excluding carboxylic acids is 1. The number of hydrogen-bond acceptors (Lipinski definition) is 6. The minimum absolute atomic E-state index is 0.147. The van der Waals surface area contributed by atoms with Gasteiger partial charge in [-0.1, -0.05) is 5.21 Å². The third-order valence-electron chi connectivity index (χ3n) is 2.42. The van der Waals surface area contributed by atoms with Crippen molar-refractivity contribution in [1.29, 1.82) is 0 Å². The molecule has 1 heterocycles. The van der Waals surface area contributed by atoms with Gasteiger partial charge in [-0.05, 0) is 21.0 Å². The highest BCUT2D eigenvalue weighted by Gasteiger charge is 2.23. The number of aliphatic hydroxyl groups is 1. The van der Waals surface area contributed by atoms with Crippen LogP contribution >= 0.6 is 0 Å². The fourth-order valence-corrected chi connectivity index (χ4v) is 1.74. The minimum atomic E-state index is -0.994. The second-order valence-electron chi connectivity index (χ2n) is 5.07. The van der Waals surface area contributed by atoms with Crippen molar-refractivity contribution in [2.75, 3.05) is 33.7 Å². The molecule has 4 N–H and O–H groups in total. The van der Waals surface area contributed by atoms with Crippen LogP contribution in [0.3, 0.4) is 0 Å². The van der Waals surface area contributed by atoms with Crippen LogP contribution in [0.1, 0.15) is 17.4 Å². The first-order chi connectivity index (χ1) is 8.84. The standard InChI is InChI=1S/C11H22N6O2/c1-11(19,8-16(2)3)7-13-10(18)9-6-17(5-4-12)15-14-9/h6,19H,4-5,7-8,12H2,1-3H3,(H,13,18). The van der Waals surface area contributed by atoms with E-state index in [4.69, 9.17) is 5.73 Å². The molecule has 8 heteroatoms. The van der Waals surface area contributed by atoms with Crippen LogP contribution in [0.5, 0.6) is 0 Å². The molecule has 0 radical (unpaired) electrons. The van der Waals surface area contributed by atoms with Gasteiger partial charge in [0.1, 0.15) is 0 Å². The Morgan fingerprint density at radius 3 is 2.89 bits per heavy atom. The van der Waals surface area contributed by atoms with Crippen molar-refractivity contribution < 1.29 is 9.90 Å². The Labute approximate surface area is 112 Å². The van der Waals surface area contributed by atoms with E-state index in [1.807, 2.05) is 19.0 Å². The predicted molar refractivity (Wildman–Crippen MR) is 70.6 cm³/mol. The summed E-state index contributed by atoms with van der Waals surface area (Å²) in [6.45, 7) is 3.21. The minimum Gasteiger partial charge on any atom is -0.387 e. The van der Waals surface area contributed by atoms with Crippen LogP contribution in [-0.2, 0) is 6.54 Å². The molecule has 8 nitrogen and oxygen atoms in total. The van der Waals surface area contributed by atoms with Crippen LogP contribution in [0.4, 0.5) is 0 Å². The Balaban J connectivity index is 2.50. The summed E-state index contributed by atoms with van der Waals surface area (Å²) < 4.78 is 1.51. The first-order valence-electron chi connectivity index (χ1n) is 6.09. The SMILES string of the molecule is CN(C)CC(C)(O)CNC(=O)c1cn(CCN)nn1. The van der Waals surface area contributed by atoms with E-state index in [1.54, 1.807) is 6.92 Å². The van der Waals surface area contributed by atoms with Gasteiger partial charge in [-0.25, -0.2) is 0 Å². The summed E-state index contributed by atoms with van der Waals surface area (Å²) in [6.07, 6.45) is 1.53. The molecular formula is C11H22N6O2. The van der Waals surface area contributed by atoms with Crippen LogP contribution in [0.2, 0.25) is 0 Å². The lowest BCUT2D eigenvalue weighted by Crippen LogP contribution is -2.47. The van der Waals surface area contributed by atoms with Crippen LogP contribution in [0.15, 0.2) is 6.20 Å². The molecule has 0 fully saturated rings. The monoisotopic (exact) mass is 270 g/mol. The lowest BCUT2D eigenvalue weighted by atomic mass is 10.1. The average Bonchev–Trinajstić information content (AvgIpc) is 2.73. The van der Waals surface area contributed by atoms with Gasteiger partial charge in [0.25, 0.3) is 5.91 Å². The maximum absolute atomic E-state index is 11.8. The third-order valence-corrected chi connectivity index (χ3v) is 2.42. The summed E-state index contributed by atoms with van der Waals surface area (Å²) in [5.41, 5.74) is 4.60.